The summed E-state index contributed by atoms with van der Waals surface area (Å²) in [6.45, 7) is -6.32. The molecule has 0 bridgehead atoms. The van der Waals surface area contributed by atoms with Crippen LogP contribution in [0.2, 0.25) is 0 Å². The third kappa shape index (κ3) is 6.97. The summed E-state index contributed by atoms with van der Waals surface area (Å²) in [6.07, 6.45) is 2.53. The SMILES string of the molecule is CS(=O)(=O)c1ccc(COc2ccc(C(Cl)c3ccc(OC(F)F)c(OC(F)F)c3)cn2)cc1. The van der Waals surface area contributed by atoms with E-state index in [-0.39, 0.29) is 17.4 Å². The molecular formula is C22H18ClF4NO5S. The van der Waals surface area contributed by atoms with Crippen LogP contribution in [0.25, 0.3) is 0 Å². The quantitative estimate of drug-likeness (QED) is 0.256. The number of ether oxygens (including phenoxy) is 3. The number of benzene rings is 2. The number of hydrogen-bond donors (Lipinski definition) is 0. The molecular weight excluding hydrogens is 502 g/mol. The van der Waals surface area contributed by atoms with Crippen LogP contribution < -0.4 is 14.2 Å². The number of nitrogens with zero attached hydrogens (tertiary/aromatic N) is 1. The Bertz CT molecular complexity index is 1210. The lowest BCUT2D eigenvalue weighted by atomic mass is 10.1. The van der Waals surface area contributed by atoms with Crippen molar-refractivity contribution in [3.05, 3.63) is 77.5 Å². The Balaban J connectivity index is 1.69. The van der Waals surface area contributed by atoms with Gasteiger partial charge in [0.2, 0.25) is 5.88 Å². The lowest BCUT2D eigenvalue weighted by molar-refractivity contribution is -0.0692. The van der Waals surface area contributed by atoms with E-state index in [1.807, 2.05) is 0 Å². The third-order valence-electron chi connectivity index (χ3n) is 4.48. The Morgan fingerprint density at radius 1 is 0.882 bits per heavy atom. The van der Waals surface area contributed by atoms with E-state index in [9.17, 15) is 26.0 Å². The molecule has 1 heterocycles. The molecule has 6 nitrogen and oxygen atoms in total. The van der Waals surface area contributed by atoms with Crippen molar-refractivity contribution in [3.8, 4) is 17.4 Å². The monoisotopic (exact) mass is 519 g/mol. The maximum absolute atomic E-state index is 12.7. The number of aromatic nitrogens is 1. The van der Waals surface area contributed by atoms with Gasteiger partial charge in [0.25, 0.3) is 0 Å². The first-order valence-electron chi connectivity index (χ1n) is 9.58. The van der Waals surface area contributed by atoms with Crippen molar-refractivity contribution < 1.29 is 40.2 Å². The van der Waals surface area contributed by atoms with Gasteiger partial charge >= 0.3 is 13.2 Å². The smallest absolute Gasteiger partial charge is 0.387 e. The molecule has 0 saturated heterocycles. The number of alkyl halides is 5. The van der Waals surface area contributed by atoms with E-state index in [0.29, 0.717) is 11.1 Å². The summed E-state index contributed by atoms with van der Waals surface area (Å²) < 4.78 is 87.4. The number of hydrogen-bond acceptors (Lipinski definition) is 6. The summed E-state index contributed by atoms with van der Waals surface area (Å²) >= 11 is 6.41. The highest BCUT2D eigenvalue weighted by Gasteiger charge is 2.19. The predicted octanol–water partition coefficient (Wildman–Crippen LogP) is 5.60. The molecule has 0 saturated carbocycles. The summed E-state index contributed by atoms with van der Waals surface area (Å²) in [5.41, 5.74) is 1.50. The highest BCUT2D eigenvalue weighted by molar-refractivity contribution is 7.90. The van der Waals surface area contributed by atoms with Crippen LogP contribution in [0.1, 0.15) is 22.1 Å². The van der Waals surface area contributed by atoms with Crippen LogP contribution >= 0.6 is 11.6 Å². The second kappa shape index (κ2) is 10.9. The van der Waals surface area contributed by atoms with Gasteiger partial charge < -0.3 is 14.2 Å². The topological polar surface area (TPSA) is 74.7 Å². The molecule has 0 radical (unpaired) electrons. The maximum Gasteiger partial charge on any atom is 0.387 e. The zero-order valence-electron chi connectivity index (χ0n) is 17.5. The fraction of sp³-hybridized carbons (Fsp3) is 0.227. The molecule has 1 aromatic heterocycles. The van der Waals surface area contributed by atoms with Gasteiger partial charge in [-0.1, -0.05) is 24.3 Å². The molecule has 0 aliphatic heterocycles. The second-order valence-corrected chi connectivity index (χ2v) is 9.41. The Hall–Kier alpha value is -3.05. The molecule has 0 aliphatic carbocycles. The van der Waals surface area contributed by atoms with Crippen LogP contribution in [0.4, 0.5) is 17.6 Å². The van der Waals surface area contributed by atoms with Crippen molar-refractivity contribution in [3.63, 3.8) is 0 Å². The van der Waals surface area contributed by atoms with Gasteiger partial charge in [0.15, 0.2) is 21.3 Å². The van der Waals surface area contributed by atoms with Gasteiger partial charge in [-0.25, -0.2) is 13.4 Å². The van der Waals surface area contributed by atoms with Crippen LogP contribution in [0.3, 0.4) is 0 Å². The van der Waals surface area contributed by atoms with Crippen LogP contribution in [-0.2, 0) is 16.4 Å². The van der Waals surface area contributed by atoms with Crippen LogP contribution in [-0.4, -0.2) is 32.9 Å². The zero-order chi connectivity index (χ0) is 24.9. The molecule has 34 heavy (non-hydrogen) atoms. The first kappa shape index (κ1) is 25.6. The van der Waals surface area contributed by atoms with Crippen molar-refractivity contribution in [2.75, 3.05) is 6.26 Å². The molecule has 1 unspecified atom stereocenters. The average Bonchev–Trinajstić information content (AvgIpc) is 2.78. The van der Waals surface area contributed by atoms with Gasteiger partial charge in [0.1, 0.15) is 6.61 Å². The summed E-state index contributed by atoms with van der Waals surface area (Å²) in [7, 11) is -3.29. The van der Waals surface area contributed by atoms with Crippen molar-refractivity contribution in [1.82, 2.24) is 4.98 Å². The number of halogens is 5. The van der Waals surface area contributed by atoms with Crippen molar-refractivity contribution >= 4 is 21.4 Å². The van der Waals surface area contributed by atoms with Gasteiger partial charge in [-0.3, -0.25) is 0 Å². The molecule has 3 rings (SSSR count). The van der Waals surface area contributed by atoms with E-state index in [1.165, 1.54) is 24.4 Å². The Morgan fingerprint density at radius 3 is 2.06 bits per heavy atom. The zero-order valence-corrected chi connectivity index (χ0v) is 19.1. The molecule has 2 aromatic carbocycles. The van der Waals surface area contributed by atoms with Crippen LogP contribution in [0.15, 0.2) is 65.7 Å². The predicted molar refractivity (Wildman–Crippen MR) is 116 cm³/mol. The Labute approximate surface area is 198 Å². The van der Waals surface area contributed by atoms with E-state index in [1.54, 1.807) is 24.3 Å². The fourth-order valence-electron chi connectivity index (χ4n) is 2.87. The van der Waals surface area contributed by atoms with Crippen LogP contribution in [0.5, 0.6) is 17.4 Å². The Kier molecular flexibility index (Phi) is 8.21. The maximum atomic E-state index is 12.7. The lowest BCUT2D eigenvalue weighted by Gasteiger charge is -2.16. The Morgan fingerprint density at radius 2 is 1.50 bits per heavy atom. The summed E-state index contributed by atoms with van der Waals surface area (Å²) in [4.78, 5) is 4.34. The van der Waals surface area contributed by atoms with Gasteiger partial charge in [-0.05, 0) is 41.0 Å². The fourth-order valence-corrected chi connectivity index (χ4v) is 3.77. The minimum atomic E-state index is -3.29. The van der Waals surface area contributed by atoms with E-state index < -0.39 is 39.9 Å². The van der Waals surface area contributed by atoms with Crippen molar-refractivity contribution in [2.24, 2.45) is 0 Å². The summed E-state index contributed by atoms with van der Waals surface area (Å²) in [5.74, 6) is -0.857. The molecule has 0 spiro atoms. The van der Waals surface area contributed by atoms with Gasteiger partial charge in [-0.2, -0.15) is 17.6 Å². The standard InChI is InChI=1S/C22H18ClF4NO5S/c1-34(29,30)16-6-2-13(3-7-16)12-31-19-9-5-15(11-28-19)20(23)14-4-8-17(32-21(24)25)18(10-14)33-22(26)27/h2-11,20-22H,12H2,1H3. The second-order valence-electron chi connectivity index (χ2n) is 6.96. The number of rotatable bonds is 10. The molecule has 12 heteroatoms. The largest absolute Gasteiger partial charge is 0.473 e. The third-order valence-corrected chi connectivity index (χ3v) is 6.12. The van der Waals surface area contributed by atoms with Gasteiger partial charge in [0, 0.05) is 18.5 Å². The van der Waals surface area contributed by atoms with Crippen LogP contribution in [0, 0.1) is 0 Å². The van der Waals surface area contributed by atoms with E-state index >= 15 is 0 Å². The van der Waals surface area contributed by atoms with E-state index in [4.69, 9.17) is 16.3 Å². The molecule has 0 aliphatic rings. The van der Waals surface area contributed by atoms with Gasteiger partial charge in [0.05, 0.1) is 10.3 Å². The number of sulfone groups is 1. The average molecular weight is 520 g/mol. The number of pyridine rings is 1. The van der Waals surface area contributed by atoms with Gasteiger partial charge in [-0.15, -0.1) is 11.6 Å². The molecule has 0 fully saturated rings. The summed E-state index contributed by atoms with van der Waals surface area (Å²) in [5, 5.41) is -0.856. The minimum absolute atomic E-state index is 0.140. The minimum Gasteiger partial charge on any atom is -0.473 e. The van der Waals surface area contributed by atoms with Crippen molar-refractivity contribution in [2.45, 2.75) is 30.1 Å². The molecule has 0 N–H and O–H groups in total. The first-order chi connectivity index (χ1) is 16.0. The highest BCUT2D eigenvalue weighted by Crippen LogP contribution is 2.37. The van der Waals surface area contributed by atoms with Crippen molar-refractivity contribution in [1.29, 1.82) is 0 Å². The lowest BCUT2D eigenvalue weighted by Crippen LogP contribution is -2.08. The molecule has 3 aromatic rings. The highest BCUT2D eigenvalue weighted by atomic mass is 35.5. The molecule has 182 valence electrons. The van der Waals surface area contributed by atoms with E-state index in [0.717, 1.165) is 24.0 Å². The molecule has 1 atom stereocenters. The van der Waals surface area contributed by atoms with E-state index in [2.05, 4.69) is 14.5 Å². The normalized spacial score (nSPS) is 12.6. The summed E-state index contributed by atoms with van der Waals surface area (Å²) in [6, 6.07) is 12.8. The first-order valence-corrected chi connectivity index (χ1v) is 11.9. The molecule has 0 amide bonds.